The molecular weight excluding hydrogens is 288 g/mol. The van der Waals surface area contributed by atoms with Gasteiger partial charge < -0.3 is 10.6 Å². The standard InChI is InChI=1S/C12H18BrClN2/c1-9(2)16-6-5-15-8-10-7-11(14)3-4-12(10)13/h3-4,7,9,15-16H,5-6,8H2,1-2H3. The summed E-state index contributed by atoms with van der Waals surface area (Å²) in [6.07, 6.45) is 0. The maximum absolute atomic E-state index is 5.94. The van der Waals surface area contributed by atoms with Gasteiger partial charge in [0.2, 0.25) is 0 Å². The average Bonchev–Trinajstić information content (AvgIpc) is 2.22. The van der Waals surface area contributed by atoms with Crippen LogP contribution in [0.3, 0.4) is 0 Å². The molecule has 1 rings (SSSR count). The minimum atomic E-state index is 0.541. The Morgan fingerprint density at radius 2 is 2.06 bits per heavy atom. The van der Waals surface area contributed by atoms with Crippen molar-refractivity contribution >= 4 is 27.5 Å². The van der Waals surface area contributed by atoms with Gasteiger partial charge in [0.1, 0.15) is 0 Å². The fourth-order valence-corrected chi connectivity index (χ4v) is 1.93. The van der Waals surface area contributed by atoms with Crippen molar-refractivity contribution in [3.05, 3.63) is 33.3 Å². The fourth-order valence-electron chi connectivity index (χ4n) is 1.35. The third kappa shape index (κ3) is 5.30. The van der Waals surface area contributed by atoms with Crippen LogP contribution in [-0.2, 0) is 6.54 Å². The summed E-state index contributed by atoms with van der Waals surface area (Å²) in [5, 5.41) is 7.51. The molecule has 0 aromatic heterocycles. The molecule has 4 heteroatoms. The Bertz CT molecular complexity index is 329. The first-order valence-electron chi connectivity index (χ1n) is 5.47. The van der Waals surface area contributed by atoms with Crippen molar-refractivity contribution in [3.8, 4) is 0 Å². The van der Waals surface area contributed by atoms with Gasteiger partial charge in [0.05, 0.1) is 0 Å². The van der Waals surface area contributed by atoms with Crippen molar-refractivity contribution in [3.63, 3.8) is 0 Å². The van der Waals surface area contributed by atoms with Gasteiger partial charge >= 0.3 is 0 Å². The largest absolute Gasteiger partial charge is 0.313 e. The van der Waals surface area contributed by atoms with E-state index in [9.17, 15) is 0 Å². The molecule has 0 fully saturated rings. The van der Waals surface area contributed by atoms with Crippen LogP contribution in [0.1, 0.15) is 19.4 Å². The number of hydrogen-bond donors (Lipinski definition) is 2. The second-order valence-corrected chi connectivity index (χ2v) is 5.31. The summed E-state index contributed by atoms with van der Waals surface area (Å²) in [5.74, 6) is 0. The van der Waals surface area contributed by atoms with Crippen molar-refractivity contribution in [2.24, 2.45) is 0 Å². The zero-order valence-corrected chi connectivity index (χ0v) is 12.0. The van der Waals surface area contributed by atoms with Crippen molar-refractivity contribution in [1.82, 2.24) is 10.6 Å². The molecule has 2 nitrogen and oxygen atoms in total. The molecule has 0 spiro atoms. The SMILES string of the molecule is CC(C)NCCNCc1cc(Cl)ccc1Br. The van der Waals surface area contributed by atoms with Crippen molar-refractivity contribution < 1.29 is 0 Å². The maximum atomic E-state index is 5.94. The summed E-state index contributed by atoms with van der Waals surface area (Å²) in [4.78, 5) is 0. The van der Waals surface area contributed by atoms with Gasteiger partial charge in [-0.2, -0.15) is 0 Å². The molecule has 1 aromatic carbocycles. The molecule has 0 atom stereocenters. The van der Waals surface area contributed by atoms with Gasteiger partial charge in [0.15, 0.2) is 0 Å². The number of benzene rings is 1. The lowest BCUT2D eigenvalue weighted by molar-refractivity contribution is 0.555. The number of hydrogen-bond acceptors (Lipinski definition) is 2. The minimum absolute atomic E-state index is 0.541. The minimum Gasteiger partial charge on any atom is -0.313 e. The molecule has 1 aromatic rings. The third-order valence-corrected chi connectivity index (χ3v) is 3.19. The molecular formula is C12H18BrClN2. The van der Waals surface area contributed by atoms with Crippen LogP contribution in [0.25, 0.3) is 0 Å². The Kier molecular flexibility index (Phi) is 6.36. The van der Waals surface area contributed by atoms with Gasteiger partial charge in [-0.15, -0.1) is 0 Å². The Morgan fingerprint density at radius 1 is 1.31 bits per heavy atom. The lowest BCUT2D eigenvalue weighted by Gasteiger charge is -2.10. The van der Waals surface area contributed by atoms with E-state index in [2.05, 4.69) is 40.4 Å². The first kappa shape index (κ1) is 14.0. The highest BCUT2D eigenvalue weighted by molar-refractivity contribution is 9.10. The monoisotopic (exact) mass is 304 g/mol. The van der Waals surface area contributed by atoms with E-state index in [4.69, 9.17) is 11.6 Å². The Balaban J connectivity index is 2.29. The van der Waals surface area contributed by atoms with Crippen molar-refractivity contribution in [2.45, 2.75) is 26.4 Å². The molecule has 0 heterocycles. The third-order valence-electron chi connectivity index (χ3n) is 2.18. The van der Waals surface area contributed by atoms with Crippen LogP contribution in [0.5, 0.6) is 0 Å². The Labute approximate surface area is 111 Å². The van der Waals surface area contributed by atoms with Crippen LogP contribution in [0, 0.1) is 0 Å². The molecule has 0 bridgehead atoms. The highest BCUT2D eigenvalue weighted by Crippen LogP contribution is 2.20. The number of nitrogens with one attached hydrogen (secondary N) is 2. The fraction of sp³-hybridized carbons (Fsp3) is 0.500. The normalized spacial score (nSPS) is 11.1. The summed E-state index contributed by atoms with van der Waals surface area (Å²) < 4.78 is 1.10. The lowest BCUT2D eigenvalue weighted by Crippen LogP contribution is -2.31. The van der Waals surface area contributed by atoms with Gasteiger partial charge in [0, 0.05) is 35.2 Å². The summed E-state index contributed by atoms with van der Waals surface area (Å²) in [6, 6.07) is 6.38. The zero-order chi connectivity index (χ0) is 12.0. The molecule has 2 N–H and O–H groups in total. The van der Waals surface area contributed by atoms with E-state index < -0.39 is 0 Å². The van der Waals surface area contributed by atoms with E-state index in [-0.39, 0.29) is 0 Å². The number of rotatable bonds is 6. The molecule has 0 aliphatic rings. The molecule has 0 saturated heterocycles. The Hall–Kier alpha value is -0.0900. The smallest absolute Gasteiger partial charge is 0.0410 e. The molecule has 0 aliphatic heterocycles. The topological polar surface area (TPSA) is 24.1 Å². The zero-order valence-electron chi connectivity index (χ0n) is 9.69. The second-order valence-electron chi connectivity index (χ2n) is 4.02. The van der Waals surface area contributed by atoms with E-state index in [0.29, 0.717) is 6.04 Å². The highest BCUT2D eigenvalue weighted by atomic mass is 79.9. The molecule has 0 unspecified atom stereocenters. The summed E-state index contributed by atoms with van der Waals surface area (Å²) in [7, 11) is 0. The molecule has 16 heavy (non-hydrogen) atoms. The van der Waals surface area contributed by atoms with E-state index >= 15 is 0 Å². The molecule has 0 radical (unpaired) electrons. The number of halogens is 2. The van der Waals surface area contributed by atoms with E-state index in [1.54, 1.807) is 0 Å². The molecule has 0 amide bonds. The van der Waals surface area contributed by atoms with E-state index in [1.165, 1.54) is 5.56 Å². The van der Waals surface area contributed by atoms with Crippen LogP contribution in [0.15, 0.2) is 22.7 Å². The molecule has 0 saturated carbocycles. The summed E-state index contributed by atoms with van der Waals surface area (Å²) >= 11 is 9.45. The first-order chi connectivity index (χ1) is 7.59. The highest BCUT2D eigenvalue weighted by Gasteiger charge is 2.00. The second kappa shape index (κ2) is 7.28. The summed E-state index contributed by atoms with van der Waals surface area (Å²) in [6.45, 7) is 7.06. The Morgan fingerprint density at radius 3 is 2.75 bits per heavy atom. The first-order valence-corrected chi connectivity index (χ1v) is 6.64. The van der Waals surface area contributed by atoms with Crippen LogP contribution in [0.4, 0.5) is 0 Å². The van der Waals surface area contributed by atoms with E-state index in [1.807, 2.05) is 18.2 Å². The molecule has 0 aliphatic carbocycles. The van der Waals surface area contributed by atoms with Crippen LogP contribution in [0.2, 0.25) is 5.02 Å². The van der Waals surface area contributed by atoms with Gasteiger partial charge in [0.25, 0.3) is 0 Å². The lowest BCUT2D eigenvalue weighted by atomic mass is 10.2. The van der Waals surface area contributed by atoms with Crippen molar-refractivity contribution in [2.75, 3.05) is 13.1 Å². The van der Waals surface area contributed by atoms with Crippen molar-refractivity contribution in [1.29, 1.82) is 0 Å². The van der Waals surface area contributed by atoms with E-state index in [0.717, 1.165) is 29.1 Å². The van der Waals surface area contributed by atoms with Crippen LogP contribution >= 0.6 is 27.5 Å². The van der Waals surface area contributed by atoms with Gasteiger partial charge in [-0.1, -0.05) is 41.4 Å². The van der Waals surface area contributed by atoms with Gasteiger partial charge in [-0.05, 0) is 23.8 Å². The quantitative estimate of drug-likeness (QED) is 0.789. The van der Waals surface area contributed by atoms with Crippen LogP contribution in [-0.4, -0.2) is 19.1 Å². The van der Waals surface area contributed by atoms with Gasteiger partial charge in [-0.25, -0.2) is 0 Å². The molecule has 90 valence electrons. The predicted molar refractivity (Wildman–Crippen MR) is 74.0 cm³/mol. The van der Waals surface area contributed by atoms with Gasteiger partial charge in [-0.3, -0.25) is 0 Å². The average molecular weight is 306 g/mol. The predicted octanol–water partition coefficient (Wildman–Crippen LogP) is 3.19. The maximum Gasteiger partial charge on any atom is 0.0410 e. The van der Waals surface area contributed by atoms with Crippen LogP contribution < -0.4 is 10.6 Å². The summed E-state index contributed by atoms with van der Waals surface area (Å²) in [5.41, 5.74) is 1.19.